The molecule has 3 aromatic rings. The lowest BCUT2D eigenvalue weighted by Gasteiger charge is -2.11. The second-order valence-electron chi connectivity index (χ2n) is 6.46. The molecule has 162 valence electrons. The maximum atomic E-state index is 12.6. The van der Waals surface area contributed by atoms with Gasteiger partial charge in [0.15, 0.2) is 6.61 Å². The van der Waals surface area contributed by atoms with Crippen molar-refractivity contribution >= 4 is 64.1 Å². The topological polar surface area (TPSA) is 81.4 Å². The largest absolute Gasteiger partial charge is 0.452 e. The van der Waals surface area contributed by atoms with E-state index >= 15 is 0 Å². The Kier molecular flexibility index (Phi) is 7.89. The van der Waals surface area contributed by atoms with E-state index < -0.39 is 18.5 Å². The molecule has 1 aromatic heterocycles. The lowest BCUT2D eigenvalue weighted by Crippen LogP contribution is -2.21. The summed E-state index contributed by atoms with van der Waals surface area (Å²) in [6.07, 6.45) is 0. The number of carbonyl (C=O) groups is 2. The van der Waals surface area contributed by atoms with Crippen LogP contribution in [-0.4, -0.2) is 23.6 Å². The number of thioether (sulfide) groups is 1. The number of amides is 1. The summed E-state index contributed by atoms with van der Waals surface area (Å²) in [4.78, 5) is 25.5. The Morgan fingerprint density at radius 1 is 1.13 bits per heavy atom. The number of nitrogens with one attached hydrogen (secondary N) is 1. The summed E-state index contributed by atoms with van der Waals surface area (Å²) in [5.41, 5.74) is 2.34. The van der Waals surface area contributed by atoms with Crippen LogP contribution in [0.3, 0.4) is 0 Å². The minimum absolute atomic E-state index is 0.179. The summed E-state index contributed by atoms with van der Waals surface area (Å²) in [6.45, 7) is 3.20. The van der Waals surface area contributed by atoms with Gasteiger partial charge in [0.25, 0.3) is 5.91 Å². The molecule has 0 unspecified atom stereocenters. The first-order chi connectivity index (χ1) is 14.8. The summed E-state index contributed by atoms with van der Waals surface area (Å²) >= 11 is 19.4. The van der Waals surface area contributed by atoms with E-state index in [0.29, 0.717) is 16.3 Å². The summed E-state index contributed by atoms with van der Waals surface area (Å²) in [7, 11) is 0. The van der Waals surface area contributed by atoms with Gasteiger partial charge in [0, 0.05) is 21.2 Å². The molecule has 0 saturated heterocycles. The Morgan fingerprint density at radius 3 is 2.45 bits per heavy atom. The van der Waals surface area contributed by atoms with Gasteiger partial charge in [-0.2, -0.15) is 0 Å². The van der Waals surface area contributed by atoms with E-state index in [0.717, 1.165) is 21.9 Å². The van der Waals surface area contributed by atoms with Crippen LogP contribution >= 0.6 is 46.6 Å². The lowest BCUT2D eigenvalue weighted by atomic mass is 10.2. The number of aromatic nitrogens is 1. The molecule has 1 amide bonds. The average Bonchev–Trinajstić information content (AvgIpc) is 3.05. The van der Waals surface area contributed by atoms with Gasteiger partial charge in [0.1, 0.15) is 5.76 Å². The van der Waals surface area contributed by atoms with Crippen LogP contribution in [0.25, 0.3) is 0 Å². The molecule has 0 bridgehead atoms. The van der Waals surface area contributed by atoms with Crippen molar-refractivity contribution in [1.82, 2.24) is 5.16 Å². The highest BCUT2D eigenvalue weighted by Crippen LogP contribution is 2.33. The van der Waals surface area contributed by atoms with Crippen molar-refractivity contribution in [2.24, 2.45) is 0 Å². The molecule has 0 aliphatic heterocycles. The van der Waals surface area contributed by atoms with E-state index in [2.05, 4.69) is 10.5 Å². The van der Waals surface area contributed by atoms with E-state index in [1.165, 1.54) is 23.9 Å². The molecule has 0 saturated carbocycles. The zero-order valence-corrected chi connectivity index (χ0v) is 19.6. The maximum absolute atomic E-state index is 12.6. The Morgan fingerprint density at radius 2 is 1.81 bits per heavy atom. The van der Waals surface area contributed by atoms with Crippen LogP contribution in [0.5, 0.6) is 0 Å². The molecule has 0 spiro atoms. The number of hydrogen-bond acceptors (Lipinski definition) is 6. The summed E-state index contributed by atoms with van der Waals surface area (Å²) in [6, 6.07) is 9.90. The Bertz CT molecular complexity index is 1090. The van der Waals surface area contributed by atoms with Crippen LogP contribution in [0.2, 0.25) is 15.1 Å². The third-order valence-corrected chi connectivity index (χ3v) is 6.18. The minimum atomic E-state index is -0.620. The van der Waals surface area contributed by atoms with Crippen molar-refractivity contribution in [2.75, 3.05) is 11.9 Å². The number of benzene rings is 2. The van der Waals surface area contributed by atoms with Gasteiger partial charge in [-0.05, 0) is 38.1 Å². The number of aryl methyl sites for hydroxylation is 2. The maximum Gasteiger partial charge on any atom is 0.339 e. The van der Waals surface area contributed by atoms with Crippen molar-refractivity contribution < 1.29 is 18.8 Å². The fourth-order valence-corrected chi connectivity index (χ4v) is 4.77. The van der Waals surface area contributed by atoms with E-state index in [-0.39, 0.29) is 15.7 Å². The molecule has 0 atom stereocenters. The number of ether oxygens (including phenoxy) is 1. The quantitative estimate of drug-likeness (QED) is 0.302. The van der Waals surface area contributed by atoms with Gasteiger partial charge in [-0.25, -0.2) is 4.79 Å². The molecule has 1 N–H and O–H groups in total. The average molecular weight is 500 g/mol. The lowest BCUT2D eigenvalue weighted by molar-refractivity contribution is -0.119. The number of carbonyl (C=O) groups excluding carboxylic acids is 2. The smallest absolute Gasteiger partial charge is 0.339 e. The Labute approximate surface area is 198 Å². The van der Waals surface area contributed by atoms with Crippen molar-refractivity contribution in [3.63, 3.8) is 0 Å². The van der Waals surface area contributed by atoms with E-state index in [1.54, 1.807) is 12.1 Å². The molecular formula is C21H17Cl3N2O4S. The molecule has 31 heavy (non-hydrogen) atoms. The highest BCUT2D eigenvalue weighted by atomic mass is 35.5. The van der Waals surface area contributed by atoms with Gasteiger partial charge < -0.3 is 14.6 Å². The van der Waals surface area contributed by atoms with Crippen LogP contribution in [-0.2, 0) is 15.3 Å². The monoisotopic (exact) mass is 498 g/mol. The van der Waals surface area contributed by atoms with Gasteiger partial charge in [-0.3, -0.25) is 4.79 Å². The minimum Gasteiger partial charge on any atom is -0.452 e. The first-order valence-corrected chi connectivity index (χ1v) is 11.1. The number of rotatable bonds is 7. The van der Waals surface area contributed by atoms with Crippen LogP contribution in [0.4, 0.5) is 5.69 Å². The molecule has 0 aliphatic rings. The molecule has 0 fully saturated rings. The second kappa shape index (κ2) is 10.4. The van der Waals surface area contributed by atoms with Crippen molar-refractivity contribution in [2.45, 2.75) is 24.5 Å². The zero-order chi connectivity index (χ0) is 22.5. The molecule has 1 heterocycles. The van der Waals surface area contributed by atoms with Crippen molar-refractivity contribution in [3.8, 4) is 0 Å². The first kappa shape index (κ1) is 23.5. The van der Waals surface area contributed by atoms with E-state index in [1.807, 2.05) is 26.0 Å². The van der Waals surface area contributed by atoms with Gasteiger partial charge >= 0.3 is 5.97 Å². The Balaban J connectivity index is 1.63. The van der Waals surface area contributed by atoms with Gasteiger partial charge in [-0.1, -0.05) is 52.1 Å². The summed E-state index contributed by atoms with van der Waals surface area (Å²) in [5, 5.41) is 7.15. The number of halogens is 3. The fraction of sp³-hybridized carbons (Fsp3) is 0.190. The van der Waals surface area contributed by atoms with Crippen molar-refractivity contribution in [3.05, 3.63) is 74.0 Å². The third-order valence-electron chi connectivity index (χ3n) is 4.27. The highest BCUT2D eigenvalue weighted by molar-refractivity contribution is 7.98. The first-order valence-electron chi connectivity index (χ1n) is 9.01. The molecule has 2 aromatic carbocycles. The normalized spacial score (nSPS) is 10.7. The van der Waals surface area contributed by atoms with Gasteiger partial charge in [0.2, 0.25) is 0 Å². The molecule has 6 nitrogen and oxygen atoms in total. The SMILES string of the molecule is Cc1noc(C)c1CSc1ccccc1C(=O)OCC(=O)Nc1c(Cl)cc(Cl)cc1Cl. The van der Waals surface area contributed by atoms with Gasteiger partial charge in [0.05, 0.1) is 27.0 Å². The second-order valence-corrected chi connectivity index (χ2v) is 8.72. The van der Waals surface area contributed by atoms with Crippen LogP contribution in [0, 0.1) is 13.8 Å². The number of esters is 1. The number of anilines is 1. The fourth-order valence-electron chi connectivity index (χ4n) is 2.66. The van der Waals surface area contributed by atoms with Crippen LogP contribution < -0.4 is 5.32 Å². The third kappa shape index (κ3) is 5.95. The number of nitrogens with zero attached hydrogens (tertiary/aromatic N) is 1. The molecule has 10 heteroatoms. The highest BCUT2D eigenvalue weighted by Gasteiger charge is 2.18. The van der Waals surface area contributed by atoms with Crippen molar-refractivity contribution in [1.29, 1.82) is 0 Å². The van der Waals surface area contributed by atoms with Crippen LogP contribution in [0.1, 0.15) is 27.4 Å². The molecule has 3 rings (SSSR count). The standard InChI is InChI=1S/C21H17Cl3N2O4S/c1-11-15(12(2)30-26-11)10-31-18-6-4-3-5-14(18)21(28)29-9-19(27)25-20-16(23)7-13(22)8-17(20)24/h3-8H,9-10H2,1-2H3,(H,25,27). The summed E-state index contributed by atoms with van der Waals surface area (Å²) in [5.74, 6) is 0.117. The van der Waals surface area contributed by atoms with Crippen LogP contribution in [0.15, 0.2) is 45.8 Å². The van der Waals surface area contributed by atoms with Gasteiger partial charge in [-0.15, -0.1) is 11.8 Å². The Hall–Kier alpha value is -2.19. The summed E-state index contributed by atoms with van der Waals surface area (Å²) < 4.78 is 10.4. The molecular weight excluding hydrogens is 483 g/mol. The predicted molar refractivity (Wildman–Crippen MR) is 122 cm³/mol. The molecule has 0 radical (unpaired) electrons. The zero-order valence-electron chi connectivity index (χ0n) is 16.5. The number of hydrogen-bond donors (Lipinski definition) is 1. The molecule has 0 aliphatic carbocycles. The van der Waals surface area contributed by atoms with E-state index in [9.17, 15) is 9.59 Å². The van der Waals surface area contributed by atoms with E-state index in [4.69, 9.17) is 44.1 Å². The predicted octanol–water partition coefficient (Wildman–Crippen LogP) is 6.34.